The van der Waals surface area contributed by atoms with E-state index in [0.717, 1.165) is 12.1 Å². The molecule has 2 aromatic rings. The number of halogens is 3. The lowest BCUT2D eigenvalue weighted by Gasteiger charge is -2.38. The molecule has 0 radical (unpaired) electrons. The number of hydrogen-bond acceptors (Lipinski definition) is 4. The molecule has 8 heteroatoms. The highest BCUT2D eigenvalue weighted by Crippen LogP contribution is 2.42. The maximum absolute atomic E-state index is 13.2. The predicted octanol–water partition coefficient (Wildman–Crippen LogP) is 2.89. The van der Waals surface area contributed by atoms with Gasteiger partial charge in [0.1, 0.15) is 12.1 Å². The summed E-state index contributed by atoms with van der Waals surface area (Å²) in [6.45, 7) is 1.47. The zero-order valence-corrected chi connectivity index (χ0v) is 12.8. The van der Waals surface area contributed by atoms with Crippen LogP contribution in [-0.4, -0.2) is 35.1 Å². The van der Waals surface area contributed by atoms with Gasteiger partial charge in [-0.2, -0.15) is 13.2 Å². The minimum Gasteiger partial charge on any atom is -0.465 e. The third kappa shape index (κ3) is 2.32. The van der Waals surface area contributed by atoms with E-state index in [1.807, 2.05) is 4.90 Å². The Hall–Kier alpha value is -2.25. The molecule has 24 heavy (non-hydrogen) atoms. The van der Waals surface area contributed by atoms with E-state index in [-0.39, 0.29) is 5.97 Å². The van der Waals surface area contributed by atoms with Crippen LogP contribution in [0.3, 0.4) is 0 Å². The number of pyridine rings is 1. The van der Waals surface area contributed by atoms with Crippen LogP contribution in [0.5, 0.6) is 0 Å². The Bertz CT molecular complexity index is 791. The molecule has 0 amide bonds. The van der Waals surface area contributed by atoms with Gasteiger partial charge >= 0.3 is 12.1 Å². The van der Waals surface area contributed by atoms with Gasteiger partial charge in [0.05, 0.1) is 29.3 Å². The Balaban J connectivity index is 1.67. The Morgan fingerprint density at radius 2 is 1.92 bits per heavy atom. The fraction of sp³-hybridized carbons (Fsp3) is 0.500. The van der Waals surface area contributed by atoms with Crippen LogP contribution >= 0.6 is 0 Å². The summed E-state index contributed by atoms with van der Waals surface area (Å²) in [7, 11) is 0. The number of hydrogen-bond donors (Lipinski definition) is 0. The van der Waals surface area contributed by atoms with Crippen LogP contribution in [-0.2, 0) is 15.7 Å². The second kappa shape index (κ2) is 5.12. The van der Waals surface area contributed by atoms with Crippen molar-refractivity contribution >= 4 is 17.3 Å². The number of ether oxygens (including phenoxy) is 1. The van der Waals surface area contributed by atoms with Gasteiger partial charge in [0, 0.05) is 13.1 Å². The van der Waals surface area contributed by atoms with E-state index in [9.17, 15) is 18.0 Å². The standard InChI is InChI=1S/C16H16F3N3O2/c17-16(18,19)11-7-12-9-20-10-22(12)13(8-11)21-4-1-15(2-5-21)3-6-24-14(15)23/h7-10H,1-6H2. The number of carbonyl (C=O) groups excluding carboxylic acids is 1. The lowest BCUT2D eigenvalue weighted by molar-refractivity contribution is -0.147. The number of anilines is 1. The number of piperidine rings is 1. The summed E-state index contributed by atoms with van der Waals surface area (Å²) in [5.74, 6) is 0.289. The Morgan fingerprint density at radius 1 is 1.17 bits per heavy atom. The molecule has 0 bridgehead atoms. The summed E-state index contributed by atoms with van der Waals surface area (Å²) >= 11 is 0. The van der Waals surface area contributed by atoms with Crippen LogP contribution in [0.1, 0.15) is 24.8 Å². The van der Waals surface area contributed by atoms with Gasteiger partial charge in [0.15, 0.2) is 0 Å². The first kappa shape index (κ1) is 15.3. The number of cyclic esters (lactones) is 1. The van der Waals surface area contributed by atoms with Crippen molar-refractivity contribution in [2.24, 2.45) is 5.41 Å². The summed E-state index contributed by atoms with van der Waals surface area (Å²) in [6.07, 6.45) is 0.407. The highest BCUT2D eigenvalue weighted by molar-refractivity contribution is 5.79. The lowest BCUT2D eigenvalue weighted by Crippen LogP contribution is -2.43. The third-order valence-corrected chi connectivity index (χ3v) is 5.12. The highest BCUT2D eigenvalue weighted by Gasteiger charge is 2.46. The number of carbonyl (C=O) groups is 1. The second-order valence-corrected chi connectivity index (χ2v) is 6.44. The van der Waals surface area contributed by atoms with Crippen LogP contribution < -0.4 is 4.90 Å². The maximum Gasteiger partial charge on any atom is 0.416 e. The van der Waals surface area contributed by atoms with Gasteiger partial charge in [0.25, 0.3) is 0 Å². The fourth-order valence-corrected chi connectivity index (χ4v) is 3.63. The average molecular weight is 339 g/mol. The van der Waals surface area contributed by atoms with Crippen LogP contribution in [0.4, 0.5) is 19.0 Å². The van der Waals surface area contributed by atoms with Crippen LogP contribution in [0.25, 0.3) is 5.52 Å². The van der Waals surface area contributed by atoms with Crippen molar-refractivity contribution in [2.75, 3.05) is 24.6 Å². The molecule has 2 aliphatic heterocycles. The fourth-order valence-electron chi connectivity index (χ4n) is 3.63. The molecule has 2 saturated heterocycles. The highest BCUT2D eigenvalue weighted by atomic mass is 19.4. The summed E-state index contributed by atoms with van der Waals surface area (Å²) in [5, 5.41) is 0. The summed E-state index contributed by atoms with van der Waals surface area (Å²) in [5.41, 5.74) is -0.738. The van der Waals surface area contributed by atoms with Crippen molar-refractivity contribution in [1.29, 1.82) is 0 Å². The quantitative estimate of drug-likeness (QED) is 0.750. The van der Waals surface area contributed by atoms with Gasteiger partial charge in [-0.1, -0.05) is 0 Å². The number of aromatic nitrogens is 2. The largest absolute Gasteiger partial charge is 0.465 e. The third-order valence-electron chi connectivity index (χ3n) is 5.12. The smallest absolute Gasteiger partial charge is 0.416 e. The van der Waals surface area contributed by atoms with E-state index >= 15 is 0 Å². The van der Waals surface area contributed by atoms with Crippen LogP contribution in [0.15, 0.2) is 24.7 Å². The molecule has 2 aromatic heterocycles. The van der Waals surface area contributed by atoms with E-state index in [1.165, 1.54) is 12.5 Å². The average Bonchev–Trinajstić information content (AvgIpc) is 3.14. The van der Waals surface area contributed by atoms with Gasteiger partial charge in [-0.15, -0.1) is 0 Å². The number of esters is 1. The molecule has 2 aliphatic rings. The molecule has 0 atom stereocenters. The normalized spacial score (nSPS) is 20.8. The molecule has 0 aromatic carbocycles. The molecule has 0 saturated carbocycles. The van der Waals surface area contributed by atoms with Gasteiger partial charge in [-0.25, -0.2) is 4.98 Å². The second-order valence-electron chi connectivity index (χ2n) is 6.44. The topological polar surface area (TPSA) is 46.8 Å². The molecular weight excluding hydrogens is 323 g/mol. The monoisotopic (exact) mass is 339 g/mol. The molecule has 4 rings (SSSR count). The number of fused-ring (bicyclic) bond motifs is 1. The first-order valence-corrected chi connectivity index (χ1v) is 7.85. The van der Waals surface area contributed by atoms with E-state index in [2.05, 4.69) is 4.98 Å². The molecule has 0 N–H and O–H groups in total. The maximum atomic E-state index is 13.2. The zero-order chi connectivity index (χ0) is 16.9. The van der Waals surface area contributed by atoms with Gasteiger partial charge in [-0.3, -0.25) is 9.20 Å². The van der Waals surface area contributed by atoms with Gasteiger partial charge in [0.2, 0.25) is 0 Å². The van der Waals surface area contributed by atoms with Crippen molar-refractivity contribution in [2.45, 2.75) is 25.4 Å². The first-order valence-electron chi connectivity index (χ1n) is 7.85. The predicted molar refractivity (Wildman–Crippen MR) is 79.7 cm³/mol. The SMILES string of the molecule is O=C1OCCC12CCN(c1cc(C(F)(F)F)cc3cncn13)CC2. The number of imidazole rings is 1. The first-order chi connectivity index (χ1) is 11.4. The van der Waals surface area contributed by atoms with E-state index < -0.39 is 17.2 Å². The molecule has 0 unspecified atom stereocenters. The molecule has 128 valence electrons. The summed E-state index contributed by atoms with van der Waals surface area (Å²) in [6, 6.07) is 2.25. The Morgan fingerprint density at radius 3 is 2.54 bits per heavy atom. The van der Waals surface area contributed by atoms with Crippen molar-refractivity contribution in [3.8, 4) is 0 Å². The molecule has 2 fully saturated rings. The molecule has 0 aliphatic carbocycles. The number of alkyl halides is 3. The van der Waals surface area contributed by atoms with Crippen molar-refractivity contribution in [3.63, 3.8) is 0 Å². The lowest BCUT2D eigenvalue weighted by atomic mass is 9.77. The molecule has 4 heterocycles. The number of nitrogens with zero attached hydrogens (tertiary/aromatic N) is 3. The molecule has 1 spiro atoms. The van der Waals surface area contributed by atoms with Crippen LogP contribution in [0.2, 0.25) is 0 Å². The van der Waals surface area contributed by atoms with Gasteiger partial charge < -0.3 is 9.64 Å². The molecular formula is C16H16F3N3O2. The minimum atomic E-state index is -4.41. The summed E-state index contributed by atoms with van der Waals surface area (Å²) < 4.78 is 46.2. The van der Waals surface area contributed by atoms with Gasteiger partial charge in [-0.05, 0) is 31.4 Å². The van der Waals surface area contributed by atoms with Crippen molar-refractivity contribution < 1.29 is 22.7 Å². The summed E-state index contributed by atoms with van der Waals surface area (Å²) in [4.78, 5) is 17.8. The van der Waals surface area contributed by atoms with E-state index in [0.29, 0.717) is 50.3 Å². The Kier molecular flexibility index (Phi) is 3.26. The zero-order valence-electron chi connectivity index (χ0n) is 12.8. The van der Waals surface area contributed by atoms with Crippen LogP contribution in [0, 0.1) is 5.41 Å². The minimum absolute atomic E-state index is 0.168. The Labute approximate surface area is 136 Å². The number of rotatable bonds is 1. The molecule has 5 nitrogen and oxygen atoms in total. The van der Waals surface area contributed by atoms with E-state index in [4.69, 9.17) is 4.74 Å². The van der Waals surface area contributed by atoms with E-state index in [1.54, 1.807) is 4.40 Å². The van der Waals surface area contributed by atoms with Crippen molar-refractivity contribution in [3.05, 3.63) is 30.2 Å². The van der Waals surface area contributed by atoms with Crippen molar-refractivity contribution in [1.82, 2.24) is 9.38 Å².